The minimum atomic E-state index is -0.513. The summed E-state index contributed by atoms with van der Waals surface area (Å²) in [5.41, 5.74) is 5.91. The fraction of sp³-hybridized carbons (Fsp3) is 0.615. The number of hydrogen-bond donors (Lipinski definition) is 1. The van der Waals surface area contributed by atoms with E-state index in [0.717, 1.165) is 31.5 Å². The number of carbonyl (C=O) groups is 1. The van der Waals surface area contributed by atoms with Gasteiger partial charge >= 0.3 is 5.97 Å². The Morgan fingerprint density at radius 3 is 2.74 bits per heavy atom. The molecular weight excluding hydrogens is 244 g/mol. The lowest BCUT2D eigenvalue weighted by Crippen LogP contribution is -2.39. The summed E-state index contributed by atoms with van der Waals surface area (Å²) in [6.07, 6.45) is 5.75. The van der Waals surface area contributed by atoms with Gasteiger partial charge < -0.3 is 15.4 Å². The summed E-state index contributed by atoms with van der Waals surface area (Å²) < 4.78 is 4.63. The van der Waals surface area contributed by atoms with E-state index in [4.69, 9.17) is 5.73 Å². The maximum Gasteiger partial charge on any atom is 0.376 e. The van der Waals surface area contributed by atoms with E-state index in [1.165, 1.54) is 7.11 Å². The van der Waals surface area contributed by atoms with E-state index >= 15 is 0 Å². The van der Waals surface area contributed by atoms with Crippen LogP contribution in [0.4, 0.5) is 5.82 Å². The lowest BCUT2D eigenvalue weighted by atomic mass is 9.91. The maximum absolute atomic E-state index is 11.4. The number of hydrogen-bond acceptors (Lipinski definition) is 6. The maximum atomic E-state index is 11.4. The Balaban J connectivity index is 2.10. The summed E-state index contributed by atoms with van der Waals surface area (Å²) in [6, 6.07) is 2.54. The van der Waals surface area contributed by atoms with E-state index < -0.39 is 5.97 Å². The molecule has 19 heavy (non-hydrogen) atoms. The van der Waals surface area contributed by atoms with Crippen molar-refractivity contribution in [2.24, 2.45) is 5.73 Å². The minimum absolute atomic E-state index is 0.0966. The van der Waals surface area contributed by atoms with Crippen molar-refractivity contribution in [2.45, 2.75) is 37.8 Å². The molecule has 0 amide bonds. The van der Waals surface area contributed by atoms with Crippen LogP contribution in [-0.4, -0.2) is 42.2 Å². The van der Waals surface area contributed by atoms with Crippen molar-refractivity contribution >= 4 is 11.8 Å². The molecule has 6 heteroatoms. The first-order valence-electron chi connectivity index (χ1n) is 6.51. The number of carbonyl (C=O) groups excluding carboxylic acids is 1. The van der Waals surface area contributed by atoms with Crippen LogP contribution in [-0.2, 0) is 4.74 Å². The third-order valence-electron chi connectivity index (χ3n) is 3.66. The largest absolute Gasteiger partial charge is 0.463 e. The quantitative estimate of drug-likeness (QED) is 0.819. The minimum Gasteiger partial charge on any atom is -0.463 e. The highest BCUT2D eigenvalue weighted by atomic mass is 16.5. The van der Waals surface area contributed by atoms with Gasteiger partial charge in [0.2, 0.25) is 5.82 Å². The van der Waals surface area contributed by atoms with Crippen molar-refractivity contribution in [3.63, 3.8) is 0 Å². The molecule has 2 rings (SSSR count). The van der Waals surface area contributed by atoms with Crippen LogP contribution in [0, 0.1) is 0 Å². The lowest BCUT2D eigenvalue weighted by Gasteiger charge is -2.34. The third-order valence-corrected chi connectivity index (χ3v) is 3.66. The first kappa shape index (κ1) is 13.7. The number of nitrogens with two attached hydrogens (primary N) is 1. The van der Waals surface area contributed by atoms with E-state index in [-0.39, 0.29) is 5.82 Å². The molecule has 104 valence electrons. The predicted octanol–water partition coefficient (Wildman–Crippen LogP) is 0.969. The molecule has 0 aromatic carbocycles. The van der Waals surface area contributed by atoms with Crippen LogP contribution in [0.2, 0.25) is 0 Å². The molecule has 1 aliphatic rings. The molecule has 2 N–H and O–H groups in total. The number of aromatic nitrogens is 2. The van der Waals surface area contributed by atoms with E-state index in [2.05, 4.69) is 19.6 Å². The number of ether oxygens (including phenoxy) is 1. The lowest BCUT2D eigenvalue weighted by molar-refractivity contribution is 0.0586. The van der Waals surface area contributed by atoms with Crippen LogP contribution in [0.15, 0.2) is 12.3 Å². The van der Waals surface area contributed by atoms with E-state index in [0.29, 0.717) is 12.1 Å². The second kappa shape index (κ2) is 5.97. The van der Waals surface area contributed by atoms with Gasteiger partial charge in [0.25, 0.3) is 0 Å². The number of anilines is 1. The zero-order valence-corrected chi connectivity index (χ0v) is 11.4. The van der Waals surface area contributed by atoms with E-state index in [1.807, 2.05) is 7.05 Å². The van der Waals surface area contributed by atoms with Gasteiger partial charge in [-0.25, -0.2) is 14.8 Å². The van der Waals surface area contributed by atoms with Crippen LogP contribution in [0.25, 0.3) is 0 Å². The smallest absolute Gasteiger partial charge is 0.376 e. The van der Waals surface area contributed by atoms with Crippen molar-refractivity contribution in [1.82, 2.24) is 9.97 Å². The van der Waals surface area contributed by atoms with Crippen molar-refractivity contribution in [3.05, 3.63) is 18.1 Å². The van der Waals surface area contributed by atoms with Crippen molar-refractivity contribution < 1.29 is 9.53 Å². The summed E-state index contributed by atoms with van der Waals surface area (Å²) in [5.74, 6) is 0.330. The average molecular weight is 264 g/mol. The average Bonchev–Trinajstić information content (AvgIpc) is 2.46. The van der Waals surface area contributed by atoms with Gasteiger partial charge in [-0.2, -0.15) is 0 Å². The molecule has 1 heterocycles. The third kappa shape index (κ3) is 3.20. The predicted molar refractivity (Wildman–Crippen MR) is 72.0 cm³/mol. The number of esters is 1. The molecular formula is C13H20N4O2. The molecule has 0 atom stereocenters. The summed E-state index contributed by atoms with van der Waals surface area (Å²) in [7, 11) is 3.31. The Labute approximate surface area is 113 Å². The highest BCUT2D eigenvalue weighted by molar-refractivity contribution is 5.85. The zero-order valence-electron chi connectivity index (χ0n) is 11.4. The van der Waals surface area contributed by atoms with E-state index in [9.17, 15) is 4.79 Å². The SMILES string of the molecule is COC(=O)c1nccc(N(C)C2CCC(N)CC2)n1. The second-order valence-electron chi connectivity index (χ2n) is 4.91. The number of rotatable bonds is 3. The highest BCUT2D eigenvalue weighted by Crippen LogP contribution is 2.24. The Hall–Kier alpha value is -1.69. The van der Waals surface area contributed by atoms with Crippen LogP contribution >= 0.6 is 0 Å². The second-order valence-corrected chi connectivity index (χ2v) is 4.91. The first-order valence-corrected chi connectivity index (χ1v) is 6.51. The summed E-state index contributed by atoms with van der Waals surface area (Å²) in [5, 5.41) is 0. The van der Waals surface area contributed by atoms with Crippen LogP contribution in [0.5, 0.6) is 0 Å². The van der Waals surface area contributed by atoms with Gasteiger partial charge in [0.1, 0.15) is 5.82 Å². The Morgan fingerprint density at radius 1 is 1.42 bits per heavy atom. The first-order chi connectivity index (χ1) is 9.11. The fourth-order valence-electron chi connectivity index (χ4n) is 2.41. The molecule has 0 spiro atoms. The number of methoxy groups -OCH3 is 1. The van der Waals surface area contributed by atoms with Crippen molar-refractivity contribution in [1.29, 1.82) is 0 Å². The van der Waals surface area contributed by atoms with Gasteiger partial charge in [0.15, 0.2) is 0 Å². The van der Waals surface area contributed by atoms with E-state index in [1.54, 1.807) is 12.3 Å². The van der Waals surface area contributed by atoms with Crippen LogP contribution in [0.3, 0.4) is 0 Å². The van der Waals surface area contributed by atoms with Gasteiger partial charge in [-0.1, -0.05) is 0 Å². The topological polar surface area (TPSA) is 81.3 Å². The standard InChI is InChI=1S/C13H20N4O2/c1-17(10-5-3-9(14)4-6-10)11-7-8-15-12(16-11)13(18)19-2/h7-10H,3-6,14H2,1-2H3. The van der Waals surface area contributed by atoms with Gasteiger partial charge in [-0.05, 0) is 31.7 Å². The zero-order chi connectivity index (χ0) is 13.8. The van der Waals surface area contributed by atoms with Crippen LogP contribution in [0.1, 0.15) is 36.3 Å². The molecule has 6 nitrogen and oxygen atoms in total. The normalized spacial score (nSPS) is 22.9. The summed E-state index contributed by atoms with van der Waals surface area (Å²) in [4.78, 5) is 21.7. The van der Waals surface area contributed by atoms with Crippen LogP contribution < -0.4 is 10.6 Å². The molecule has 1 aliphatic carbocycles. The molecule has 0 radical (unpaired) electrons. The molecule has 0 saturated heterocycles. The van der Waals surface area contributed by atoms with Crippen molar-refractivity contribution in [2.75, 3.05) is 19.1 Å². The fourth-order valence-corrected chi connectivity index (χ4v) is 2.41. The van der Waals surface area contributed by atoms with Gasteiger partial charge in [-0.15, -0.1) is 0 Å². The summed E-state index contributed by atoms with van der Waals surface area (Å²) >= 11 is 0. The Morgan fingerprint density at radius 2 is 2.11 bits per heavy atom. The molecule has 1 fully saturated rings. The molecule has 1 aromatic heterocycles. The number of nitrogens with zero attached hydrogens (tertiary/aromatic N) is 3. The summed E-state index contributed by atoms with van der Waals surface area (Å²) in [6.45, 7) is 0. The van der Waals surface area contributed by atoms with Gasteiger partial charge in [-0.3, -0.25) is 0 Å². The monoisotopic (exact) mass is 264 g/mol. The van der Waals surface area contributed by atoms with Gasteiger partial charge in [0.05, 0.1) is 7.11 Å². The Bertz CT molecular complexity index is 444. The van der Waals surface area contributed by atoms with Gasteiger partial charge in [0, 0.05) is 25.3 Å². The molecule has 0 bridgehead atoms. The highest BCUT2D eigenvalue weighted by Gasteiger charge is 2.23. The van der Waals surface area contributed by atoms with Crippen molar-refractivity contribution in [3.8, 4) is 0 Å². The Kier molecular flexibility index (Phi) is 4.31. The molecule has 1 saturated carbocycles. The molecule has 0 aliphatic heterocycles. The molecule has 0 unspecified atom stereocenters. The molecule has 1 aromatic rings.